The minimum atomic E-state index is -0.0121. The highest BCUT2D eigenvalue weighted by Gasteiger charge is 2.15. The molecular weight excluding hydrogens is 226 g/mol. The predicted octanol–water partition coefficient (Wildman–Crippen LogP) is 1.94. The number of amides is 2. The fourth-order valence-electron chi connectivity index (χ4n) is 2.40. The van der Waals surface area contributed by atoms with Crippen molar-refractivity contribution in [2.45, 2.75) is 26.2 Å². The van der Waals surface area contributed by atoms with Crippen molar-refractivity contribution in [3.05, 3.63) is 12.7 Å². The molecule has 1 N–H and O–H groups in total. The normalized spacial score (nSPS) is 20.4. The summed E-state index contributed by atoms with van der Waals surface area (Å²) in [5.41, 5.74) is 0. The first-order chi connectivity index (χ1) is 8.63. The molecule has 0 aliphatic carbocycles. The van der Waals surface area contributed by atoms with Gasteiger partial charge in [-0.25, -0.2) is 4.79 Å². The van der Waals surface area contributed by atoms with Crippen LogP contribution in [0.2, 0.25) is 0 Å². The number of carbonyl (C=O) groups excluding carboxylic acids is 1. The van der Waals surface area contributed by atoms with Crippen molar-refractivity contribution in [2.24, 2.45) is 5.92 Å². The predicted molar refractivity (Wildman–Crippen MR) is 75.7 cm³/mol. The Hall–Kier alpha value is -1.03. The molecule has 1 aliphatic heterocycles. The number of urea groups is 1. The summed E-state index contributed by atoms with van der Waals surface area (Å²) in [5, 5.41) is 2.93. The topological polar surface area (TPSA) is 35.6 Å². The SMILES string of the molecule is C=CCN(C)C(=O)NCCCN1CCC[C@@H](C)C1. The van der Waals surface area contributed by atoms with Crippen LogP contribution in [0.15, 0.2) is 12.7 Å². The van der Waals surface area contributed by atoms with Crippen LogP contribution in [0, 0.1) is 5.92 Å². The van der Waals surface area contributed by atoms with E-state index in [4.69, 9.17) is 0 Å². The van der Waals surface area contributed by atoms with Gasteiger partial charge in [0, 0.05) is 26.7 Å². The van der Waals surface area contributed by atoms with Gasteiger partial charge in [0.05, 0.1) is 0 Å². The number of hydrogen-bond acceptors (Lipinski definition) is 2. The molecule has 0 saturated carbocycles. The lowest BCUT2D eigenvalue weighted by molar-refractivity contribution is 0.180. The zero-order chi connectivity index (χ0) is 13.4. The monoisotopic (exact) mass is 253 g/mol. The molecule has 4 heteroatoms. The lowest BCUT2D eigenvalue weighted by Gasteiger charge is -2.30. The number of hydrogen-bond donors (Lipinski definition) is 1. The molecule has 0 radical (unpaired) electrons. The summed E-state index contributed by atoms with van der Waals surface area (Å²) in [6.45, 7) is 10.8. The van der Waals surface area contributed by atoms with Crippen LogP contribution in [-0.2, 0) is 0 Å². The number of likely N-dealkylation sites (N-methyl/N-ethyl adjacent to an activating group) is 1. The summed E-state index contributed by atoms with van der Waals surface area (Å²) in [7, 11) is 1.78. The van der Waals surface area contributed by atoms with E-state index >= 15 is 0 Å². The summed E-state index contributed by atoms with van der Waals surface area (Å²) in [6, 6.07) is -0.0121. The van der Waals surface area contributed by atoms with Crippen LogP contribution in [0.5, 0.6) is 0 Å². The zero-order valence-electron chi connectivity index (χ0n) is 11.8. The molecule has 0 bridgehead atoms. The Kier molecular flexibility index (Phi) is 6.80. The standard InChI is InChI=1S/C14H27N3O/c1-4-9-16(3)14(18)15-8-6-11-17-10-5-7-13(2)12-17/h4,13H,1,5-12H2,2-3H3,(H,15,18)/t13-/m1/s1. The highest BCUT2D eigenvalue weighted by atomic mass is 16.2. The van der Waals surface area contributed by atoms with E-state index in [2.05, 4.69) is 23.7 Å². The molecule has 0 unspecified atom stereocenters. The molecule has 1 heterocycles. The molecule has 1 atom stereocenters. The van der Waals surface area contributed by atoms with Crippen LogP contribution in [-0.4, -0.2) is 55.6 Å². The molecule has 1 fully saturated rings. The number of likely N-dealkylation sites (tertiary alicyclic amines) is 1. The summed E-state index contributed by atoms with van der Waals surface area (Å²) in [6.07, 6.45) is 5.43. The highest BCUT2D eigenvalue weighted by molar-refractivity contribution is 5.73. The second-order valence-corrected chi connectivity index (χ2v) is 5.30. The van der Waals surface area contributed by atoms with Crippen molar-refractivity contribution in [3.8, 4) is 0 Å². The minimum absolute atomic E-state index is 0.0121. The molecule has 1 aliphatic rings. The van der Waals surface area contributed by atoms with Crippen LogP contribution in [0.25, 0.3) is 0 Å². The molecular formula is C14H27N3O. The first kappa shape index (κ1) is 15.0. The molecule has 0 spiro atoms. The molecule has 2 amide bonds. The van der Waals surface area contributed by atoms with E-state index in [1.54, 1.807) is 18.0 Å². The number of carbonyl (C=O) groups is 1. The van der Waals surface area contributed by atoms with E-state index in [1.807, 2.05) is 0 Å². The Labute approximate surface area is 111 Å². The second-order valence-electron chi connectivity index (χ2n) is 5.30. The van der Waals surface area contributed by atoms with Gasteiger partial charge in [0.25, 0.3) is 0 Å². The molecule has 18 heavy (non-hydrogen) atoms. The van der Waals surface area contributed by atoms with E-state index in [0.717, 1.165) is 25.4 Å². The summed E-state index contributed by atoms with van der Waals surface area (Å²) in [4.78, 5) is 15.7. The Balaban J connectivity index is 2.07. The van der Waals surface area contributed by atoms with Gasteiger partial charge in [0.2, 0.25) is 0 Å². The van der Waals surface area contributed by atoms with Crippen LogP contribution < -0.4 is 5.32 Å². The van der Waals surface area contributed by atoms with Crippen LogP contribution in [0.3, 0.4) is 0 Å². The number of piperidine rings is 1. The Morgan fingerprint density at radius 1 is 1.61 bits per heavy atom. The fourth-order valence-corrected chi connectivity index (χ4v) is 2.40. The number of nitrogens with one attached hydrogen (secondary N) is 1. The van der Waals surface area contributed by atoms with E-state index in [1.165, 1.54) is 25.9 Å². The maximum Gasteiger partial charge on any atom is 0.317 e. The van der Waals surface area contributed by atoms with Gasteiger partial charge >= 0.3 is 6.03 Å². The Morgan fingerprint density at radius 3 is 3.06 bits per heavy atom. The molecule has 104 valence electrons. The van der Waals surface area contributed by atoms with E-state index in [-0.39, 0.29) is 6.03 Å². The summed E-state index contributed by atoms with van der Waals surface area (Å²) < 4.78 is 0. The first-order valence-electron chi connectivity index (χ1n) is 6.95. The van der Waals surface area contributed by atoms with Gasteiger partial charge < -0.3 is 15.1 Å². The Bertz CT molecular complexity index is 268. The number of rotatable bonds is 6. The van der Waals surface area contributed by atoms with Gasteiger partial charge in [-0.05, 0) is 38.3 Å². The van der Waals surface area contributed by atoms with Crippen molar-refractivity contribution in [1.29, 1.82) is 0 Å². The van der Waals surface area contributed by atoms with Crippen molar-refractivity contribution in [2.75, 3.05) is 39.8 Å². The van der Waals surface area contributed by atoms with Crippen LogP contribution >= 0.6 is 0 Å². The molecule has 0 aromatic rings. The third kappa shape index (κ3) is 5.54. The zero-order valence-corrected chi connectivity index (χ0v) is 11.8. The van der Waals surface area contributed by atoms with Crippen molar-refractivity contribution in [3.63, 3.8) is 0 Å². The van der Waals surface area contributed by atoms with Gasteiger partial charge in [-0.2, -0.15) is 0 Å². The fraction of sp³-hybridized carbons (Fsp3) is 0.786. The van der Waals surface area contributed by atoms with Gasteiger partial charge in [-0.1, -0.05) is 13.0 Å². The average molecular weight is 253 g/mol. The minimum Gasteiger partial charge on any atom is -0.338 e. The highest BCUT2D eigenvalue weighted by Crippen LogP contribution is 2.15. The van der Waals surface area contributed by atoms with E-state index in [9.17, 15) is 4.79 Å². The maximum atomic E-state index is 11.6. The van der Waals surface area contributed by atoms with E-state index in [0.29, 0.717) is 6.54 Å². The van der Waals surface area contributed by atoms with Gasteiger partial charge in [-0.3, -0.25) is 0 Å². The summed E-state index contributed by atoms with van der Waals surface area (Å²) in [5.74, 6) is 0.826. The molecule has 0 aromatic heterocycles. The maximum absolute atomic E-state index is 11.6. The smallest absolute Gasteiger partial charge is 0.317 e. The Morgan fingerprint density at radius 2 is 2.39 bits per heavy atom. The van der Waals surface area contributed by atoms with Crippen LogP contribution in [0.4, 0.5) is 4.79 Å². The molecule has 1 saturated heterocycles. The lowest BCUT2D eigenvalue weighted by atomic mass is 10.0. The second kappa shape index (κ2) is 8.14. The average Bonchev–Trinajstić information content (AvgIpc) is 2.35. The largest absolute Gasteiger partial charge is 0.338 e. The summed E-state index contributed by atoms with van der Waals surface area (Å²) >= 11 is 0. The van der Waals surface area contributed by atoms with Crippen molar-refractivity contribution < 1.29 is 4.79 Å². The molecule has 1 rings (SSSR count). The van der Waals surface area contributed by atoms with Gasteiger partial charge in [0.15, 0.2) is 0 Å². The molecule has 0 aromatic carbocycles. The van der Waals surface area contributed by atoms with Gasteiger partial charge in [0.1, 0.15) is 0 Å². The van der Waals surface area contributed by atoms with Gasteiger partial charge in [-0.15, -0.1) is 6.58 Å². The van der Waals surface area contributed by atoms with E-state index < -0.39 is 0 Å². The number of nitrogens with zero attached hydrogens (tertiary/aromatic N) is 2. The van der Waals surface area contributed by atoms with Crippen molar-refractivity contribution in [1.82, 2.24) is 15.1 Å². The lowest BCUT2D eigenvalue weighted by Crippen LogP contribution is -2.40. The molecule has 4 nitrogen and oxygen atoms in total. The van der Waals surface area contributed by atoms with Crippen LogP contribution in [0.1, 0.15) is 26.2 Å². The quantitative estimate of drug-likeness (QED) is 0.580. The third-order valence-corrected chi connectivity index (χ3v) is 3.42. The van der Waals surface area contributed by atoms with Crippen molar-refractivity contribution >= 4 is 6.03 Å². The first-order valence-corrected chi connectivity index (χ1v) is 6.95. The third-order valence-electron chi connectivity index (χ3n) is 3.42.